The monoisotopic (exact) mass is 431 g/mol. The van der Waals surface area contributed by atoms with Crippen LogP contribution in [0.25, 0.3) is 11.4 Å². The lowest BCUT2D eigenvalue weighted by atomic mass is 10.2. The number of hydrogen-bond donors (Lipinski definition) is 1. The van der Waals surface area contributed by atoms with Gasteiger partial charge in [0.1, 0.15) is 0 Å². The van der Waals surface area contributed by atoms with Crippen molar-refractivity contribution in [2.75, 3.05) is 24.3 Å². The van der Waals surface area contributed by atoms with Crippen molar-refractivity contribution in [2.24, 2.45) is 0 Å². The summed E-state index contributed by atoms with van der Waals surface area (Å²) in [5.74, 6) is 0.484. The Bertz CT molecular complexity index is 1190. The first-order valence-corrected chi connectivity index (χ1v) is 10.2. The van der Waals surface area contributed by atoms with Crippen molar-refractivity contribution in [1.82, 2.24) is 14.8 Å². The van der Waals surface area contributed by atoms with Gasteiger partial charge >= 0.3 is 0 Å². The van der Waals surface area contributed by atoms with Crippen molar-refractivity contribution in [1.29, 1.82) is 0 Å². The van der Waals surface area contributed by atoms with Gasteiger partial charge in [0.2, 0.25) is 5.95 Å². The van der Waals surface area contributed by atoms with Gasteiger partial charge in [0.25, 0.3) is 5.91 Å². The van der Waals surface area contributed by atoms with Crippen molar-refractivity contribution in [3.05, 3.63) is 95.0 Å². The molecule has 0 spiro atoms. The Labute approximate surface area is 186 Å². The minimum absolute atomic E-state index is 0.342. The summed E-state index contributed by atoms with van der Waals surface area (Å²) in [6.07, 6.45) is 0. The van der Waals surface area contributed by atoms with E-state index in [4.69, 9.17) is 11.6 Å². The highest BCUT2D eigenvalue weighted by atomic mass is 35.5. The molecule has 0 amide bonds. The van der Waals surface area contributed by atoms with Crippen LogP contribution in [-0.2, 0) is 6.54 Å². The Kier molecular flexibility index (Phi) is 6.00. The third-order valence-corrected chi connectivity index (χ3v) is 5.17. The smallest absolute Gasteiger partial charge is 0.282 e. The van der Waals surface area contributed by atoms with Gasteiger partial charge in [-0.05, 0) is 29.8 Å². The number of carbonyl (C=O) groups is 1. The Hall–Kier alpha value is -3.64. The first kappa shape index (κ1) is 20.6. The fraction of sp³-hybridized carbons (Fsp3) is 0.125. The summed E-state index contributed by atoms with van der Waals surface area (Å²) in [5, 5.41) is 8.10. The molecule has 0 aliphatic carbocycles. The highest BCUT2D eigenvalue weighted by molar-refractivity contribution is 6.33. The Morgan fingerprint density at radius 3 is 2.32 bits per heavy atom. The molecule has 0 saturated carbocycles. The van der Waals surface area contributed by atoms with E-state index in [2.05, 4.69) is 15.4 Å². The molecular formula is C24H22ClN5O. The van der Waals surface area contributed by atoms with Crippen LogP contribution in [0.3, 0.4) is 0 Å². The number of carbonyl (C=O) groups excluding carboxylic acids is 1. The zero-order chi connectivity index (χ0) is 21.8. The van der Waals surface area contributed by atoms with Crippen molar-refractivity contribution < 1.29 is 4.79 Å². The Morgan fingerprint density at radius 2 is 1.65 bits per heavy atom. The van der Waals surface area contributed by atoms with Gasteiger partial charge in [-0.25, -0.2) is 0 Å². The summed E-state index contributed by atoms with van der Waals surface area (Å²) in [5.41, 5.74) is 3.37. The lowest BCUT2D eigenvalue weighted by Crippen LogP contribution is -2.18. The SMILES string of the molecule is CN(C)c1ccc(CNc2nc(-c3ccccc3)nn2C(=O)c2ccccc2Cl)cc1. The fourth-order valence-electron chi connectivity index (χ4n) is 3.12. The molecular weight excluding hydrogens is 410 g/mol. The van der Waals surface area contributed by atoms with E-state index in [1.807, 2.05) is 73.6 Å². The molecule has 0 saturated heterocycles. The fourth-order valence-corrected chi connectivity index (χ4v) is 3.34. The van der Waals surface area contributed by atoms with Crippen LogP contribution in [0.4, 0.5) is 11.6 Å². The van der Waals surface area contributed by atoms with Gasteiger partial charge < -0.3 is 10.2 Å². The number of benzene rings is 3. The topological polar surface area (TPSA) is 63.0 Å². The molecule has 1 N–H and O–H groups in total. The van der Waals surface area contributed by atoms with Crippen LogP contribution in [0.2, 0.25) is 5.02 Å². The number of anilines is 2. The van der Waals surface area contributed by atoms with Gasteiger partial charge in [-0.2, -0.15) is 9.67 Å². The number of nitrogens with one attached hydrogen (secondary N) is 1. The second-order valence-electron chi connectivity index (χ2n) is 7.24. The predicted molar refractivity (Wildman–Crippen MR) is 125 cm³/mol. The van der Waals surface area contributed by atoms with Crippen LogP contribution >= 0.6 is 11.6 Å². The molecule has 31 heavy (non-hydrogen) atoms. The van der Waals surface area contributed by atoms with Crippen molar-refractivity contribution in [3.8, 4) is 11.4 Å². The molecule has 1 aromatic heterocycles. The molecule has 0 radical (unpaired) electrons. The summed E-state index contributed by atoms with van der Waals surface area (Å²) < 4.78 is 1.28. The summed E-state index contributed by atoms with van der Waals surface area (Å²) in [6, 6.07) is 24.6. The summed E-state index contributed by atoms with van der Waals surface area (Å²) in [7, 11) is 4.00. The molecule has 4 rings (SSSR count). The van der Waals surface area contributed by atoms with E-state index < -0.39 is 0 Å². The van der Waals surface area contributed by atoms with Gasteiger partial charge in [0, 0.05) is 31.9 Å². The molecule has 6 nitrogen and oxygen atoms in total. The van der Waals surface area contributed by atoms with Crippen LogP contribution in [0.5, 0.6) is 0 Å². The first-order valence-electron chi connectivity index (χ1n) is 9.85. The van der Waals surface area contributed by atoms with Gasteiger partial charge in [-0.3, -0.25) is 4.79 Å². The molecule has 0 unspecified atom stereocenters. The third-order valence-electron chi connectivity index (χ3n) is 4.84. The zero-order valence-corrected chi connectivity index (χ0v) is 18.0. The van der Waals surface area contributed by atoms with E-state index >= 15 is 0 Å². The van der Waals surface area contributed by atoms with Crippen LogP contribution in [-0.4, -0.2) is 34.8 Å². The number of nitrogens with zero attached hydrogens (tertiary/aromatic N) is 4. The third kappa shape index (κ3) is 4.59. The number of halogens is 1. The quantitative estimate of drug-likeness (QED) is 0.467. The molecule has 0 aliphatic rings. The van der Waals surface area contributed by atoms with E-state index in [0.717, 1.165) is 16.8 Å². The minimum atomic E-state index is -0.342. The van der Waals surface area contributed by atoms with E-state index in [1.54, 1.807) is 24.3 Å². The maximum Gasteiger partial charge on any atom is 0.282 e. The number of hydrogen-bond acceptors (Lipinski definition) is 5. The molecule has 0 fully saturated rings. The minimum Gasteiger partial charge on any atom is -0.378 e. The second kappa shape index (κ2) is 9.02. The van der Waals surface area contributed by atoms with Crippen molar-refractivity contribution in [2.45, 2.75) is 6.54 Å². The summed E-state index contributed by atoms with van der Waals surface area (Å²) in [4.78, 5) is 19.8. The van der Waals surface area contributed by atoms with Gasteiger partial charge in [0.05, 0.1) is 10.6 Å². The molecule has 3 aromatic carbocycles. The first-order chi connectivity index (χ1) is 15.0. The maximum absolute atomic E-state index is 13.2. The lowest BCUT2D eigenvalue weighted by Gasteiger charge is -2.13. The average Bonchev–Trinajstić information content (AvgIpc) is 3.23. The lowest BCUT2D eigenvalue weighted by molar-refractivity contribution is 0.0947. The number of aromatic nitrogens is 3. The maximum atomic E-state index is 13.2. The highest BCUT2D eigenvalue weighted by Crippen LogP contribution is 2.22. The molecule has 4 aromatic rings. The standard InChI is InChI=1S/C24H22ClN5O/c1-29(2)19-14-12-17(13-15-19)16-26-24-27-22(18-8-4-3-5-9-18)28-30(24)23(31)20-10-6-7-11-21(20)25/h3-15H,16H2,1-2H3,(H,26,27,28). The van der Waals surface area contributed by atoms with E-state index in [-0.39, 0.29) is 5.91 Å². The predicted octanol–water partition coefficient (Wildman–Crippen LogP) is 4.97. The summed E-state index contributed by atoms with van der Waals surface area (Å²) in [6.45, 7) is 0.496. The zero-order valence-electron chi connectivity index (χ0n) is 17.3. The van der Waals surface area contributed by atoms with Gasteiger partial charge in [-0.15, -0.1) is 5.10 Å². The van der Waals surface area contributed by atoms with Gasteiger partial charge in [-0.1, -0.05) is 66.2 Å². The van der Waals surface area contributed by atoms with E-state index in [9.17, 15) is 4.79 Å². The van der Waals surface area contributed by atoms with Crippen LogP contribution < -0.4 is 10.2 Å². The summed E-state index contributed by atoms with van der Waals surface area (Å²) >= 11 is 6.25. The molecule has 0 bridgehead atoms. The molecule has 1 heterocycles. The highest BCUT2D eigenvalue weighted by Gasteiger charge is 2.20. The molecule has 7 heteroatoms. The number of rotatable bonds is 6. The largest absolute Gasteiger partial charge is 0.378 e. The van der Waals surface area contributed by atoms with Crippen LogP contribution in [0, 0.1) is 0 Å². The van der Waals surface area contributed by atoms with Crippen molar-refractivity contribution in [3.63, 3.8) is 0 Å². The molecule has 156 valence electrons. The van der Waals surface area contributed by atoms with Crippen molar-refractivity contribution >= 4 is 29.1 Å². The molecule has 0 atom stereocenters. The molecule has 0 aliphatic heterocycles. The van der Waals surface area contributed by atoms with Crippen LogP contribution in [0.1, 0.15) is 15.9 Å². The average molecular weight is 432 g/mol. The normalized spacial score (nSPS) is 10.7. The Morgan fingerprint density at radius 1 is 0.968 bits per heavy atom. The van der Waals surface area contributed by atoms with Crippen LogP contribution in [0.15, 0.2) is 78.9 Å². The van der Waals surface area contributed by atoms with Gasteiger partial charge in [0.15, 0.2) is 5.82 Å². The van der Waals surface area contributed by atoms with E-state index in [0.29, 0.717) is 28.9 Å². The second-order valence-corrected chi connectivity index (χ2v) is 7.64. The Balaban J connectivity index is 1.65. The van der Waals surface area contributed by atoms with E-state index in [1.165, 1.54) is 4.68 Å².